The fourth-order valence-electron chi connectivity index (χ4n) is 1.51. The summed E-state index contributed by atoms with van der Waals surface area (Å²) in [6.45, 7) is 2.06. The largest absolute Gasteiger partial charge is 0.294 e. The number of nitrogens with zero attached hydrogens (tertiary/aromatic N) is 2. The highest BCUT2D eigenvalue weighted by atomic mass is 79.9. The Morgan fingerprint density at radius 3 is 2.56 bits per heavy atom. The molecule has 2 rings (SSSR count). The molecule has 0 saturated heterocycles. The quantitative estimate of drug-likeness (QED) is 0.830. The molecule has 0 radical (unpaired) electrons. The molecular weight excluding hydrogens is 339 g/mol. The lowest BCUT2D eigenvalue weighted by Gasteiger charge is -2.10. The summed E-state index contributed by atoms with van der Waals surface area (Å²) in [5, 5.41) is 1.07. The Morgan fingerprint density at radius 1 is 1.33 bits per heavy atom. The Kier molecular flexibility index (Phi) is 4.10. The van der Waals surface area contributed by atoms with Crippen molar-refractivity contribution in [3.63, 3.8) is 0 Å². The first-order valence-electron chi connectivity index (χ1n) is 5.15. The van der Waals surface area contributed by atoms with E-state index in [0.29, 0.717) is 32.3 Å². The standard InChI is InChI=1S/C12H9BrCl2N2O/c1-7-11(13)12(18)17(6-16-7)5-8-9(14)3-2-4-10(8)15/h2-4,6H,5H2,1H3. The van der Waals surface area contributed by atoms with Crippen molar-refractivity contribution in [2.75, 3.05) is 0 Å². The Hall–Kier alpha value is -0.840. The average molecular weight is 348 g/mol. The van der Waals surface area contributed by atoms with Crippen molar-refractivity contribution in [1.82, 2.24) is 9.55 Å². The third kappa shape index (κ3) is 2.60. The molecule has 0 saturated carbocycles. The van der Waals surface area contributed by atoms with Gasteiger partial charge in [0.25, 0.3) is 5.56 Å². The summed E-state index contributed by atoms with van der Waals surface area (Å²) in [4.78, 5) is 16.1. The summed E-state index contributed by atoms with van der Waals surface area (Å²) in [5.41, 5.74) is 1.21. The van der Waals surface area contributed by atoms with Gasteiger partial charge < -0.3 is 0 Å². The van der Waals surface area contributed by atoms with E-state index < -0.39 is 0 Å². The molecular formula is C12H9BrCl2N2O. The van der Waals surface area contributed by atoms with Crippen LogP contribution in [0.15, 0.2) is 33.8 Å². The van der Waals surface area contributed by atoms with Crippen LogP contribution in [-0.4, -0.2) is 9.55 Å². The zero-order chi connectivity index (χ0) is 13.3. The fourth-order valence-corrected chi connectivity index (χ4v) is 2.36. The molecule has 0 unspecified atom stereocenters. The molecule has 0 atom stereocenters. The number of aryl methyl sites for hydroxylation is 1. The van der Waals surface area contributed by atoms with Gasteiger partial charge in [-0.3, -0.25) is 9.36 Å². The lowest BCUT2D eigenvalue weighted by molar-refractivity contribution is 0.724. The van der Waals surface area contributed by atoms with E-state index in [1.807, 2.05) is 0 Å². The van der Waals surface area contributed by atoms with Gasteiger partial charge in [0.15, 0.2) is 0 Å². The highest BCUT2D eigenvalue weighted by molar-refractivity contribution is 9.10. The van der Waals surface area contributed by atoms with Crippen LogP contribution < -0.4 is 5.56 Å². The predicted molar refractivity (Wildman–Crippen MR) is 76.5 cm³/mol. The molecule has 0 fully saturated rings. The van der Waals surface area contributed by atoms with Crippen LogP contribution in [0.2, 0.25) is 10.0 Å². The van der Waals surface area contributed by atoms with Gasteiger partial charge >= 0.3 is 0 Å². The van der Waals surface area contributed by atoms with E-state index in [-0.39, 0.29) is 5.56 Å². The molecule has 0 spiro atoms. The van der Waals surface area contributed by atoms with Gasteiger partial charge in [-0.15, -0.1) is 0 Å². The van der Waals surface area contributed by atoms with Gasteiger partial charge in [0.1, 0.15) is 4.47 Å². The zero-order valence-corrected chi connectivity index (χ0v) is 12.6. The Bertz CT molecular complexity index is 635. The third-order valence-corrected chi connectivity index (χ3v) is 4.17. The normalized spacial score (nSPS) is 10.7. The number of benzene rings is 1. The van der Waals surface area contributed by atoms with E-state index in [2.05, 4.69) is 20.9 Å². The minimum atomic E-state index is -0.154. The SMILES string of the molecule is Cc1ncn(Cc2c(Cl)cccc2Cl)c(=O)c1Br. The lowest BCUT2D eigenvalue weighted by atomic mass is 10.2. The van der Waals surface area contributed by atoms with Crippen molar-refractivity contribution < 1.29 is 0 Å². The summed E-state index contributed by atoms with van der Waals surface area (Å²) in [6.07, 6.45) is 1.49. The molecule has 1 aromatic heterocycles. The molecule has 0 amide bonds. The van der Waals surface area contributed by atoms with Crippen LogP contribution >= 0.6 is 39.1 Å². The van der Waals surface area contributed by atoms with Crippen molar-refractivity contribution in [3.05, 3.63) is 60.7 Å². The van der Waals surface area contributed by atoms with E-state index in [0.717, 1.165) is 0 Å². The maximum Gasteiger partial charge on any atom is 0.268 e. The van der Waals surface area contributed by atoms with Crippen LogP contribution in [0, 0.1) is 6.92 Å². The van der Waals surface area contributed by atoms with Gasteiger partial charge in [-0.25, -0.2) is 4.98 Å². The number of hydrogen-bond donors (Lipinski definition) is 0. The minimum Gasteiger partial charge on any atom is -0.294 e. The van der Waals surface area contributed by atoms with E-state index in [4.69, 9.17) is 23.2 Å². The first-order chi connectivity index (χ1) is 8.50. The van der Waals surface area contributed by atoms with Crippen molar-refractivity contribution >= 4 is 39.1 Å². The van der Waals surface area contributed by atoms with Crippen LogP contribution in [0.25, 0.3) is 0 Å². The summed E-state index contributed by atoms with van der Waals surface area (Å²) in [7, 11) is 0. The van der Waals surface area contributed by atoms with Crippen molar-refractivity contribution in [3.8, 4) is 0 Å². The molecule has 1 heterocycles. The lowest BCUT2D eigenvalue weighted by Crippen LogP contribution is -2.22. The maximum absolute atomic E-state index is 12.0. The summed E-state index contributed by atoms with van der Waals surface area (Å²) >= 11 is 15.4. The summed E-state index contributed by atoms with van der Waals surface area (Å²) in [6, 6.07) is 5.25. The van der Waals surface area contributed by atoms with E-state index >= 15 is 0 Å². The van der Waals surface area contributed by atoms with Gasteiger partial charge in [0.05, 0.1) is 18.6 Å². The molecule has 6 heteroatoms. The number of rotatable bonds is 2. The molecule has 0 aliphatic heterocycles. The van der Waals surface area contributed by atoms with Gasteiger partial charge in [0.2, 0.25) is 0 Å². The third-order valence-electron chi connectivity index (χ3n) is 2.55. The summed E-state index contributed by atoms with van der Waals surface area (Å²) < 4.78 is 1.91. The predicted octanol–water partition coefficient (Wildman–Crippen LogP) is 3.67. The van der Waals surface area contributed by atoms with E-state index in [1.54, 1.807) is 25.1 Å². The van der Waals surface area contributed by atoms with Gasteiger partial charge in [0, 0.05) is 15.6 Å². The number of halogens is 3. The first-order valence-corrected chi connectivity index (χ1v) is 6.70. The molecule has 3 nitrogen and oxygen atoms in total. The van der Waals surface area contributed by atoms with Crippen molar-refractivity contribution in [1.29, 1.82) is 0 Å². The molecule has 94 valence electrons. The van der Waals surface area contributed by atoms with Crippen molar-refractivity contribution in [2.24, 2.45) is 0 Å². The zero-order valence-electron chi connectivity index (χ0n) is 9.45. The first kappa shape index (κ1) is 13.6. The molecule has 0 bridgehead atoms. The van der Waals surface area contributed by atoms with Crippen molar-refractivity contribution in [2.45, 2.75) is 13.5 Å². The Labute approximate surface area is 123 Å². The van der Waals surface area contributed by atoms with Gasteiger partial charge in [-0.2, -0.15) is 0 Å². The molecule has 0 aliphatic rings. The monoisotopic (exact) mass is 346 g/mol. The van der Waals surface area contributed by atoms with Crippen LogP contribution in [0.4, 0.5) is 0 Å². The summed E-state index contributed by atoms with van der Waals surface area (Å²) in [5.74, 6) is 0. The number of hydrogen-bond acceptors (Lipinski definition) is 2. The second-order valence-corrected chi connectivity index (χ2v) is 5.38. The molecule has 1 aromatic carbocycles. The van der Waals surface area contributed by atoms with Crippen LogP contribution in [-0.2, 0) is 6.54 Å². The van der Waals surface area contributed by atoms with Crippen LogP contribution in [0.5, 0.6) is 0 Å². The Balaban J connectivity index is 2.47. The minimum absolute atomic E-state index is 0.154. The number of aromatic nitrogens is 2. The highest BCUT2D eigenvalue weighted by Gasteiger charge is 2.10. The van der Waals surface area contributed by atoms with Gasteiger partial charge in [-0.1, -0.05) is 29.3 Å². The topological polar surface area (TPSA) is 34.9 Å². The Morgan fingerprint density at radius 2 is 1.94 bits per heavy atom. The van der Waals surface area contributed by atoms with Gasteiger partial charge in [-0.05, 0) is 35.0 Å². The smallest absolute Gasteiger partial charge is 0.268 e. The molecule has 0 aliphatic carbocycles. The van der Waals surface area contributed by atoms with Crippen LogP contribution in [0.1, 0.15) is 11.3 Å². The van der Waals surface area contributed by atoms with E-state index in [9.17, 15) is 4.79 Å². The fraction of sp³-hybridized carbons (Fsp3) is 0.167. The molecule has 18 heavy (non-hydrogen) atoms. The average Bonchev–Trinajstić information content (AvgIpc) is 2.34. The maximum atomic E-state index is 12.0. The molecule has 2 aromatic rings. The van der Waals surface area contributed by atoms with Crippen LogP contribution in [0.3, 0.4) is 0 Å². The molecule has 0 N–H and O–H groups in total. The van der Waals surface area contributed by atoms with E-state index in [1.165, 1.54) is 10.9 Å². The second-order valence-electron chi connectivity index (χ2n) is 3.78. The second kappa shape index (κ2) is 5.43. The highest BCUT2D eigenvalue weighted by Crippen LogP contribution is 2.24.